The molecule has 0 fully saturated rings. The van der Waals surface area contributed by atoms with Crippen LogP contribution < -0.4 is 5.73 Å². The highest BCUT2D eigenvalue weighted by Crippen LogP contribution is 2.14. The number of ether oxygens (including phenoxy) is 1. The summed E-state index contributed by atoms with van der Waals surface area (Å²) in [6.45, 7) is 4.63. The first kappa shape index (κ1) is 12.1. The molecule has 15 heavy (non-hydrogen) atoms. The summed E-state index contributed by atoms with van der Waals surface area (Å²) in [5.74, 6) is 1.65. The van der Waals surface area contributed by atoms with Gasteiger partial charge >= 0.3 is 0 Å². The van der Waals surface area contributed by atoms with Gasteiger partial charge in [0.1, 0.15) is 6.10 Å². The van der Waals surface area contributed by atoms with Crippen LogP contribution in [0.25, 0.3) is 0 Å². The van der Waals surface area contributed by atoms with Crippen molar-refractivity contribution >= 4 is 0 Å². The molecule has 1 heterocycles. The van der Waals surface area contributed by atoms with Crippen LogP contribution in [0, 0.1) is 5.92 Å². The van der Waals surface area contributed by atoms with E-state index in [1.807, 2.05) is 6.92 Å². The van der Waals surface area contributed by atoms with E-state index in [0.29, 0.717) is 24.2 Å². The van der Waals surface area contributed by atoms with Crippen LogP contribution in [0.2, 0.25) is 0 Å². The van der Waals surface area contributed by atoms with Gasteiger partial charge in [-0.2, -0.15) is 4.98 Å². The summed E-state index contributed by atoms with van der Waals surface area (Å²) in [5.41, 5.74) is 5.61. The molecule has 1 rings (SSSR count). The van der Waals surface area contributed by atoms with Crippen LogP contribution in [-0.4, -0.2) is 23.8 Å². The van der Waals surface area contributed by atoms with Crippen molar-refractivity contribution in [2.24, 2.45) is 11.7 Å². The summed E-state index contributed by atoms with van der Waals surface area (Å²) in [6, 6.07) is 0. The summed E-state index contributed by atoms with van der Waals surface area (Å²) in [4.78, 5) is 4.26. The van der Waals surface area contributed by atoms with Gasteiger partial charge in [-0.3, -0.25) is 0 Å². The van der Waals surface area contributed by atoms with Crippen molar-refractivity contribution in [2.45, 2.75) is 32.8 Å². The Morgan fingerprint density at radius 2 is 2.27 bits per heavy atom. The van der Waals surface area contributed by atoms with Crippen LogP contribution >= 0.6 is 0 Å². The maximum atomic E-state index is 5.61. The summed E-state index contributed by atoms with van der Waals surface area (Å²) in [5, 5.41) is 3.86. The molecule has 5 nitrogen and oxygen atoms in total. The normalized spacial score (nSPS) is 15.2. The first-order valence-corrected chi connectivity index (χ1v) is 5.26. The van der Waals surface area contributed by atoms with E-state index in [4.69, 9.17) is 15.0 Å². The average molecular weight is 213 g/mol. The summed E-state index contributed by atoms with van der Waals surface area (Å²) in [6.07, 6.45) is 1.64. The molecule has 0 aromatic carbocycles. The van der Waals surface area contributed by atoms with E-state index in [0.717, 1.165) is 12.8 Å². The third-order valence-electron chi connectivity index (χ3n) is 2.57. The quantitative estimate of drug-likeness (QED) is 0.771. The number of methoxy groups -OCH3 is 1. The van der Waals surface area contributed by atoms with Gasteiger partial charge in [0, 0.05) is 13.5 Å². The minimum Gasteiger partial charge on any atom is -0.374 e. The van der Waals surface area contributed by atoms with Crippen molar-refractivity contribution in [3.8, 4) is 0 Å². The molecule has 0 bridgehead atoms. The van der Waals surface area contributed by atoms with Gasteiger partial charge in [-0.15, -0.1) is 0 Å². The lowest BCUT2D eigenvalue weighted by molar-refractivity contribution is 0.109. The lowest BCUT2D eigenvalue weighted by Gasteiger charge is -2.07. The first-order chi connectivity index (χ1) is 7.21. The van der Waals surface area contributed by atoms with Crippen molar-refractivity contribution in [3.05, 3.63) is 11.7 Å². The maximum absolute atomic E-state index is 5.61. The van der Waals surface area contributed by atoms with Crippen LogP contribution in [0.5, 0.6) is 0 Å². The number of nitrogens with two attached hydrogens (primary N) is 1. The fourth-order valence-corrected chi connectivity index (χ4v) is 1.26. The molecule has 1 aromatic rings. The molecular formula is C10H19N3O2. The number of hydrogen-bond donors (Lipinski definition) is 1. The van der Waals surface area contributed by atoms with Crippen LogP contribution in [0.1, 0.15) is 38.1 Å². The Bertz CT molecular complexity index is 284. The first-order valence-electron chi connectivity index (χ1n) is 5.26. The lowest BCUT2D eigenvalue weighted by Crippen LogP contribution is -2.16. The van der Waals surface area contributed by atoms with Crippen molar-refractivity contribution in [3.63, 3.8) is 0 Å². The van der Waals surface area contributed by atoms with Gasteiger partial charge in [0.05, 0.1) is 0 Å². The standard InChI is InChI=1S/C10H19N3O2/c1-4-8(6-11)5-9-12-10(13-15-9)7(2)14-3/h7-8H,4-6,11H2,1-3H3. The molecule has 0 spiro atoms. The maximum Gasteiger partial charge on any atom is 0.227 e. The average Bonchev–Trinajstić information content (AvgIpc) is 2.73. The Labute approximate surface area is 90.0 Å². The number of nitrogens with zero attached hydrogens (tertiary/aromatic N) is 2. The Hall–Kier alpha value is -0.940. The molecule has 0 aliphatic carbocycles. The zero-order valence-electron chi connectivity index (χ0n) is 9.56. The molecule has 5 heteroatoms. The predicted octanol–water partition coefficient (Wildman–Crippen LogP) is 1.30. The summed E-state index contributed by atoms with van der Waals surface area (Å²) < 4.78 is 10.2. The molecule has 0 saturated heterocycles. The van der Waals surface area contributed by atoms with E-state index in [1.54, 1.807) is 7.11 Å². The molecule has 0 radical (unpaired) electrons. The topological polar surface area (TPSA) is 74.2 Å². The number of hydrogen-bond acceptors (Lipinski definition) is 5. The molecule has 1 aromatic heterocycles. The SMILES string of the molecule is CCC(CN)Cc1nc(C(C)OC)no1. The zero-order valence-corrected chi connectivity index (χ0v) is 9.56. The molecule has 0 aliphatic rings. The highest BCUT2D eigenvalue weighted by molar-refractivity contribution is 4.91. The molecule has 2 atom stereocenters. The van der Waals surface area contributed by atoms with Crippen LogP contribution in [0.4, 0.5) is 0 Å². The number of aromatic nitrogens is 2. The zero-order chi connectivity index (χ0) is 11.3. The second kappa shape index (κ2) is 5.82. The van der Waals surface area contributed by atoms with E-state index in [-0.39, 0.29) is 6.10 Å². The molecule has 0 aliphatic heterocycles. The molecule has 0 saturated carbocycles. The second-order valence-electron chi connectivity index (χ2n) is 3.64. The molecule has 2 N–H and O–H groups in total. The molecular weight excluding hydrogens is 194 g/mol. The largest absolute Gasteiger partial charge is 0.374 e. The lowest BCUT2D eigenvalue weighted by atomic mass is 10.0. The monoisotopic (exact) mass is 213 g/mol. The van der Waals surface area contributed by atoms with Gasteiger partial charge < -0.3 is 15.0 Å². The van der Waals surface area contributed by atoms with Crippen molar-refractivity contribution in [2.75, 3.05) is 13.7 Å². The fourth-order valence-electron chi connectivity index (χ4n) is 1.26. The highest BCUT2D eigenvalue weighted by Gasteiger charge is 2.15. The summed E-state index contributed by atoms with van der Waals surface area (Å²) >= 11 is 0. The van der Waals surface area contributed by atoms with Gasteiger partial charge in [-0.25, -0.2) is 0 Å². The van der Waals surface area contributed by atoms with Gasteiger partial charge in [0.2, 0.25) is 5.89 Å². The van der Waals surface area contributed by atoms with Gasteiger partial charge in [0.15, 0.2) is 5.82 Å². The number of rotatable bonds is 6. The van der Waals surface area contributed by atoms with E-state index in [1.165, 1.54) is 0 Å². The summed E-state index contributed by atoms with van der Waals surface area (Å²) in [7, 11) is 1.62. The van der Waals surface area contributed by atoms with Crippen molar-refractivity contribution < 1.29 is 9.26 Å². The molecule has 86 valence electrons. The minimum atomic E-state index is -0.125. The third kappa shape index (κ3) is 3.28. The van der Waals surface area contributed by atoms with Gasteiger partial charge in [-0.05, 0) is 19.4 Å². The van der Waals surface area contributed by atoms with E-state index < -0.39 is 0 Å². The van der Waals surface area contributed by atoms with Crippen LogP contribution in [0.3, 0.4) is 0 Å². The van der Waals surface area contributed by atoms with Crippen LogP contribution in [0.15, 0.2) is 4.52 Å². The van der Waals surface area contributed by atoms with Crippen LogP contribution in [-0.2, 0) is 11.2 Å². The highest BCUT2D eigenvalue weighted by atomic mass is 16.5. The smallest absolute Gasteiger partial charge is 0.227 e. The Morgan fingerprint density at radius 1 is 1.53 bits per heavy atom. The van der Waals surface area contributed by atoms with Gasteiger partial charge in [-0.1, -0.05) is 18.5 Å². The van der Waals surface area contributed by atoms with E-state index in [9.17, 15) is 0 Å². The fraction of sp³-hybridized carbons (Fsp3) is 0.800. The second-order valence-corrected chi connectivity index (χ2v) is 3.64. The van der Waals surface area contributed by atoms with Crippen molar-refractivity contribution in [1.29, 1.82) is 0 Å². The Morgan fingerprint density at radius 3 is 2.80 bits per heavy atom. The minimum absolute atomic E-state index is 0.125. The van der Waals surface area contributed by atoms with E-state index in [2.05, 4.69) is 17.1 Å². The molecule has 2 unspecified atom stereocenters. The van der Waals surface area contributed by atoms with Crippen molar-refractivity contribution in [1.82, 2.24) is 10.1 Å². The van der Waals surface area contributed by atoms with Gasteiger partial charge in [0.25, 0.3) is 0 Å². The predicted molar refractivity (Wildman–Crippen MR) is 56.3 cm³/mol. The molecule has 0 amide bonds. The Kier molecular flexibility index (Phi) is 4.71. The Balaban J connectivity index is 2.59. The third-order valence-corrected chi connectivity index (χ3v) is 2.57. The van der Waals surface area contributed by atoms with E-state index >= 15 is 0 Å².